The van der Waals surface area contributed by atoms with Gasteiger partial charge in [-0.05, 0) is 74.1 Å². The SMILES string of the molecule is O=C(C=Cc1ccc(S(=O)(=O)NC2CC2)cc1)Nc1ccc(N2CCCCC2)c(Cl)c1. The van der Waals surface area contributed by atoms with Crippen molar-refractivity contribution in [1.82, 2.24) is 4.72 Å². The summed E-state index contributed by atoms with van der Waals surface area (Å²) < 4.78 is 27.1. The van der Waals surface area contributed by atoms with Crippen molar-refractivity contribution in [2.75, 3.05) is 23.3 Å². The molecule has 0 unspecified atom stereocenters. The maximum absolute atomic E-state index is 12.3. The highest BCUT2D eigenvalue weighted by Gasteiger charge is 2.27. The average molecular weight is 460 g/mol. The van der Waals surface area contributed by atoms with E-state index in [1.807, 2.05) is 12.1 Å². The van der Waals surface area contributed by atoms with Gasteiger partial charge in [-0.15, -0.1) is 0 Å². The van der Waals surface area contributed by atoms with Crippen LogP contribution in [-0.2, 0) is 14.8 Å². The van der Waals surface area contributed by atoms with Gasteiger partial charge in [0.2, 0.25) is 15.9 Å². The summed E-state index contributed by atoms with van der Waals surface area (Å²) in [6, 6.07) is 12.1. The molecule has 2 fully saturated rings. The molecule has 4 rings (SSSR count). The molecule has 0 spiro atoms. The number of hydrogen-bond donors (Lipinski definition) is 2. The minimum absolute atomic E-state index is 0.0655. The molecule has 6 nitrogen and oxygen atoms in total. The molecule has 0 aromatic heterocycles. The van der Waals surface area contributed by atoms with Crippen LogP contribution < -0.4 is 14.9 Å². The van der Waals surface area contributed by atoms with Gasteiger partial charge in [0.15, 0.2) is 0 Å². The normalized spacial score (nSPS) is 17.1. The molecule has 164 valence electrons. The number of piperidine rings is 1. The summed E-state index contributed by atoms with van der Waals surface area (Å²) in [5.74, 6) is -0.283. The number of sulfonamides is 1. The van der Waals surface area contributed by atoms with Gasteiger partial charge >= 0.3 is 0 Å². The fraction of sp³-hybridized carbons (Fsp3) is 0.348. The monoisotopic (exact) mass is 459 g/mol. The van der Waals surface area contributed by atoms with Crippen molar-refractivity contribution in [3.63, 3.8) is 0 Å². The Morgan fingerprint density at radius 3 is 2.39 bits per heavy atom. The molecule has 2 aromatic rings. The zero-order valence-corrected chi connectivity index (χ0v) is 18.8. The first-order chi connectivity index (χ1) is 14.9. The van der Waals surface area contributed by atoms with Crippen LogP contribution in [0.2, 0.25) is 5.02 Å². The molecular weight excluding hydrogens is 434 g/mol. The van der Waals surface area contributed by atoms with Gasteiger partial charge in [0, 0.05) is 30.9 Å². The number of amides is 1. The van der Waals surface area contributed by atoms with Crippen molar-refractivity contribution in [3.05, 3.63) is 59.1 Å². The van der Waals surface area contributed by atoms with E-state index in [9.17, 15) is 13.2 Å². The predicted octanol–water partition coefficient (Wildman–Crippen LogP) is 4.42. The van der Waals surface area contributed by atoms with E-state index >= 15 is 0 Å². The second kappa shape index (κ2) is 9.42. The Hall–Kier alpha value is -2.35. The molecule has 8 heteroatoms. The lowest BCUT2D eigenvalue weighted by Gasteiger charge is -2.29. The summed E-state index contributed by atoms with van der Waals surface area (Å²) in [6.45, 7) is 2.01. The topological polar surface area (TPSA) is 78.5 Å². The first kappa shape index (κ1) is 21.9. The predicted molar refractivity (Wildman–Crippen MR) is 125 cm³/mol. The summed E-state index contributed by atoms with van der Waals surface area (Å²) in [6.07, 6.45) is 8.43. The number of halogens is 1. The molecule has 2 aliphatic rings. The number of nitrogens with one attached hydrogen (secondary N) is 2. The molecule has 1 amide bonds. The molecule has 2 N–H and O–H groups in total. The van der Waals surface area contributed by atoms with Gasteiger partial charge < -0.3 is 10.2 Å². The Kier molecular flexibility index (Phi) is 6.65. The van der Waals surface area contributed by atoms with E-state index in [4.69, 9.17) is 11.6 Å². The Bertz CT molecular complexity index is 1070. The van der Waals surface area contributed by atoms with Crippen LogP contribution in [0.15, 0.2) is 53.4 Å². The van der Waals surface area contributed by atoms with E-state index < -0.39 is 10.0 Å². The Morgan fingerprint density at radius 1 is 1.03 bits per heavy atom. The Labute approximate surface area is 188 Å². The zero-order valence-electron chi connectivity index (χ0n) is 17.2. The lowest BCUT2D eigenvalue weighted by molar-refractivity contribution is -0.111. The maximum Gasteiger partial charge on any atom is 0.248 e. The van der Waals surface area contributed by atoms with Crippen molar-refractivity contribution < 1.29 is 13.2 Å². The fourth-order valence-corrected chi connectivity index (χ4v) is 5.18. The minimum atomic E-state index is -3.47. The van der Waals surface area contributed by atoms with E-state index in [2.05, 4.69) is 14.9 Å². The van der Waals surface area contributed by atoms with Crippen molar-refractivity contribution in [3.8, 4) is 0 Å². The van der Waals surface area contributed by atoms with Crippen LogP contribution >= 0.6 is 11.6 Å². The molecule has 0 bridgehead atoms. The molecule has 0 atom stereocenters. The van der Waals surface area contributed by atoms with Crippen molar-refractivity contribution in [1.29, 1.82) is 0 Å². The van der Waals surface area contributed by atoms with Gasteiger partial charge in [0.05, 0.1) is 15.6 Å². The van der Waals surface area contributed by atoms with Gasteiger partial charge in [0.25, 0.3) is 0 Å². The van der Waals surface area contributed by atoms with Crippen LogP contribution in [0.5, 0.6) is 0 Å². The molecule has 1 saturated heterocycles. The standard InChI is InChI=1S/C23H26ClN3O3S/c24-21-16-19(9-12-22(21)27-14-2-1-3-15-27)25-23(28)13-6-17-4-10-20(11-5-17)31(29,30)26-18-7-8-18/h4-6,9-13,16,18,26H,1-3,7-8,14-15H2,(H,25,28). The number of benzene rings is 2. The number of hydrogen-bond acceptors (Lipinski definition) is 4. The molecule has 1 aliphatic carbocycles. The van der Waals surface area contributed by atoms with Crippen LogP contribution in [-0.4, -0.2) is 33.5 Å². The largest absolute Gasteiger partial charge is 0.370 e. The van der Waals surface area contributed by atoms with Gasteiger partial charge in [-0.1, -0.05) is 23.7 Å². The van der Waals surface area contributed by atoms with Crippen LogP contribution in [0.25, 0.3) is 6.08 Å². The number of carbonyl (C=O) groups excluding carboxylic acids is 1. The fourth-order valence-electron chi connectivity index (χ4n) is 3.58. The van der Waals surface area contributed by atoms with E-state index in [1.165, 1.54) is 25.3 Å². The van der Waals surface area contributed by atoms with Gasteiger partial charge in [0.1, 0.15) is 0 Å². The second-order valence-electron chi connectivity index (χ2n) is 8.00. The summed E-state index contributed by atoms with van der Waals surface area (Å²) >= 11 is 6.44. The maximum atomic E-state index is 12.3. The van der Waals surface area contributed by atoms with E-state index in [1.54, 1.807) is 36.4 Å². The number of carbonyl (C=O) groups is 1. The molecule has 1 saturated carbocycles. The summed E-state index contributed by atoms with van der Waals surface area (Å²) in [5, 5.41) is 3.44. The van der Waals surface area contributed by atoms with Gasteiger partial charge in [-0.25, -0.2) is 13.1 Å². The Balaban J connectivity index is 1.35. The van der Waals surface area contributed by atoms with Crippen LogP contribution in [0, 0.1) is 0 Å². The molecular formula is C23H26ClN3O3S. The summed E-state index contributed by atoms with van der Waals surface area (Å²) in [7, 11) is -3.47. The van der Waals surface area contributed by atoms with E-state index in [0.29, 0.717) is 10.7 Å². The van der Waals surface area contributed by atoms with Crippen molar-refractivity contribution in [2.24, 2.45) is 0 Å². The number of rotatable bonds is 7. The lowest BCUT2D eigenvalue weighted by atomic mass is 10.1. The number of anilines is 2. The third-order valence-electron chi connectivity index (χ3n) is 5.43. The molecule has 1 aliphatic heterocycles. The first-order valence-electron chi connectivity index (χ1n) is 10.6. The third-order valence-corrected chi connectivity index (χ3v) is 7.27. The molecule has 0 radical (unpaired) electrons. The summed E-state index contributed by atoms with van der Waals surface area (Å²) in [4.78, 5) is 14.8. The van der Waals surface area contributed by atoms with E-state index in [-0.39, 0.29) is 16.8 Å². The van der Waals surface area contributed by atoms with Crippen LogP contribution in [0.1, 0.15) is 37.7 Å². The number of nitrogens with zero attached hydrogens (tertiary/aromatic N) is 1. The third kappa shape index (κ3) is 5.87. The first-order valence-corrected chi connectivity index (χ1v) is 12.4. The highest BCUT2D eigenvalue weighted by Crippen LogP contribution is 2.31. The van der Waals surface area contributed by atoms with Gasteiger partial charge in [-0.3, -0.25) is 4.79 Å². The molecule has 1 heterocycles. The molecule has 2 aromatic carbocycles. The minimum Gasteiger partial charge on any atom is -0.370 e. The molecule has 31 heavy (non-hydrogen) atoms. The summed E-state index contributed by atoms with van der Waals surface area (Å²) in [5.41, 5.74) is 2.37. The zero-order chi connectivity index (χ0) is 21.8. The highest BCUT2D eigenvalue weighted by molar-refractivity contribution is 7.89. The quantitative estimate of drug-likeness (QED) is 0.600. The van der Waals surface area contributed by atoms with Crippen molar-refractivity contribution >= 4 is 45.0 Å². The van der Waals surface area contributed by atoms with E-state index in [0.717, 1.165) is 37.2 Å². The second-order valence-corrected chi connectivity index (χ2v) is 10.1. The Morgan fingerprint density at radius 2 is 1.74 bits per heavy atom. The van der Waals surface area contributed by atoms with Crippen LogP contribution in [0.3, 0.4) is 0 Å². The van der Waals surface area contributed by atoms with Crippen LogP contribution in [0.4, 0.5) is 11.4 Å². The highest BCUT2D eigenvalue weighted by atomic mass is 35.5. The average Bonchev–Trinajstić information content (AvgIpc) is 3.57. The van der Waals surface area contributed by atoms with Crippen molar-refractivity contribution in [2.45, 2.75) is 43.0 Å². The smallest absolute Gasteiger partial charge is 0.248 e. The van der Waals surface area contributed by atoms with Gasteiger partial charge in [-0.2, -0.15) is 0 Å². The lowest BCUT2D eigenvalue weighted by Crippen LogP contribution is -2.29.